The Balaban J connectivity index is 1.88. The predicted molar refractivity (Wildman–Crippen MR) is 87.2 cm³/mol. The molecule has 2 N–H and O–H groups in total. The molecule has 3 rings (SSSR count). The van der Waals surface area contributed by atoms with Gasteiger partial charge in [0.1, 0.15) is 0 Å². The first kappa shape index (κ1) is 13.7. The van der Waals surface area contributed by atoms with E-state index in [4.69, 9.17) is 5.73 Å². The number of hydrogen-bond donors (Lipinski definition) is 1. The third kappa shape index (κ3) is 2.50. The van der Waals surface area contributed by atoms with Crippen molar-refractivity contribution in [1.29, 1.82) is 0 Å². The first-order valence-electron chi connectivity index (χ1n) is 7.23. The molecule has 3 atom stereocenters. The molecule has 2 aromatic carbocycles. The molecule has 0 heterocycles. The van der Waals surface area contributed by atoms with Gasteiger partial charge < -0.3 is 5.73 Å². The van der Waals surface area contributed by atoms with E-state index in [0.29, 0.717) is 11.2 Å². The summed E-state index contributed by atoms with van der Waals surface area (Å²) in [6, 6.07) is 17.4. The van der Waals surface area contributed by atoms with Crippen LogP contribution in [0.25, 0.3) is 0 Å². The Kier molecular flexibility index (Phi) is 3.86. The second-order valence-electron chi connectivity index (χ2n) is 5.71. The maximum Gasteiger partial charge on any atom is 0.0422 e. The third-order valence-corrected chi connectivity index (χ3v) is 5.74. The highest BCUT2D eigenvalue weighted by Gasteiger charge is 2.31. The quantitative estimate of drug-likeness (QED) is 0.867. The minimum Gasteiger partial charge on any atom is -0.323 e. The lowest BCUT2D eigenvalue weighted by molar-refractivity contribution is 0.527. The van der Waals surface area contributed by atoms with Gasteiger partial charge in [-0.3, -0.25) is 0 Å². The summed E-state index contributed by atoms with van der Waals surface area (Å²) < 4.78 is 0. The Morgan fingerprint density at radius 1 is 1.00 bits per heavy atom. The molecule has 1 aliphatic carbocycles. The SMILES string of the molecule is Cc1ccccc1SC1CC(C)c2ccccc2C1N. The van der Waals surface area contributed by atoms with E-state index in [-0.39, 0.29) is 6.04 Å². The van der Waals surface area contributed by atoms with E-state index in [0.717, 1.165) is 6.42 Å². The van der Waals surface area contributed by atoms with Crippen LogP contribution in [-0.4, -0.2) is 5.25 Å². The highest BCUT2D eigenvalue weighted by atomic mass is 32.2. The molecule has 20 heavy (non-hydrogen) atoms. The smallest absolute Gasteiger partial charge is 0.0422 e. The van der Waals surface area contributed by atoms with Crippen molar-refractivity contribution in [3.05, 3.63) is 65.2 Å². The summed E-state index contributed by atoms with van der Waals surface area (Å²) in [7, 11) is 0. The lowest BCUT2D eigenvalue weighted by atomic mass is 9.81. The van der Waals surface area contributed by atoms with Crippen LogP contribution in [0.5, 0.6) is 0 Å². The Morgan fingerprint density at radius 2 is 1.65 bits per heavy atom. The topological polar surface area (TPSA) is 26.0 Å². The number of hydrogen-bond acceptors (Lipinski definition) is 2. The van der Waals surface area contributed by atoms with Crippen LogP contribution in [-0.2, 0) is 0 Å². The zero-order valence-corrected chi connectivity index (χ0v) is 12.9. The summed E-state index contributed by atoms with van der Waals surface area (Å²) in [5.74, 6) is 0.590. The van der Waals surface area contributed by atoms with Gasteiger partial charge in [-0.25, -0.2) is 0 Å². The molecule has 0 bridgehead atoms. The number of aryl methyl sites for hydroxylation is 1. The van der Waals surface area contributed by atoms with E-state index in [1.54, 1.807) is 0 Å². The Bertz CT molecular complexity index is 608. The molecule has 0 amide bonds. The largest absolute Gasteiger partial charge is 0.323 e. The second-order valence-corrected chi connectivity index (χ2v) is 6.99. The average Bonchev–Trinajstić information content (AvgIpc) is 2.47. The summed E-state index contributed by atoms with van der Waals surface area (Å²) >= 11 is 1.94. The molecular formula is C18H21NS. The van der Waals surface area contributed by atoms with Crippen molar-refractivity contribution in [2.45, 2.75) is 42.4 Å². The van der Waals surface area contributed by atoms with Crippen molar-refractivity contribution in [3.8, 4) is 0 Å². The highest BCUT2D eigenvalue weighted by Crippen LogP contribution is 2.44. The molecule has 2 heteroatoms. The van der Waals surface area contributed by atoms with Gasteiger partial charge in [0.05, 0.1) is 0 Å². The predicted octanol–water partition coefficient (Wildman–Crippen LogP) is 4.66. The molecule has 1 aliphatic rings. The minimum absolute atomic E-state index is 0.131. The van der Waals surface area contributed by atoms with Crippen LogP contribution in [0, 0.1) is 6.92 Å². The van der Waals surface area contributed by atoms with E-state index >= 15 is 0 Å². The highest BCUT2D eigenvalue weighted by molar-refractivity contribution is 8.00. The maximum atomic E-state index is 6.53. The van der Waals surface area contributed by atoms with Gasteiger partial charge in [-0.1, -0.05) is 49.4 Å². The first-order valence-corrected chi connectivity index (χ1v) is 8.11. The molecule has 104 valence electrons. The van der Waals surface area contributed by atoms with Crippen molar-refractivity contribution in [2.24, 2.45) is 5.73 Å². The molecule has 3 unspecified atom stereocenters. The number of rotatable bonds is 2. The fourth-order valence-corrected chi connectivity index (χ4v) is 4.47. The molecule has 0 saturated carbocycles. The van der Waals surface area contributed by atoms with Crippen molar-refractivity contribution < 1.29 is 0 Å². The molecular weight excluding hydrogens is 262 g/mol. The van der Waals surface area contributed by atoms with Gasteiger partial charge in [-0.15, -0.1) is 11.8 Å². The fourth-order valence-electron chi connectivity index (χ4n) is 3.06. The molecule has 0 spiro atoms. The van der Waals surface area contributed by atoms with Gasteiger partial charge in [0.15, 0.2) is 0 Å². The van der Waals surface area contributed by atoms with Crippen LogP contribution in [0.1, 0.15) is 42.0 Å². The van der Waals surface area contributed by atoms with Gasteiger partial charge in [0.2, 0.25) is 0 Å². The normalized spacial score (nSPS) is 25.2. The van der Waals surface area contributed by atoms with Crippen LogP contribution >= 0.6 is 11.8 Å². The maximum absolute atomic E-state index is 6.53. The van der Waals surface area contributed by atoms with Crippen molar-refractivity contribution in [2.75, 3.05) is 0 Å². The number of benzene rings is 2. The Hall–Kier alpha value is -1.25. The van der Waals surface area contributed by atoms with Crippen LogP contribution in [0.4, 0.5) is 0 Å². The molecule has 0 radical (unpaired) electrons. The van der Waals surface area contributed by atoms with Crippen molar-refractivity contribution in [1.82, 2.24) is 0 Å². The zero-order valence-electron chi connectivity index (χ0n) is 12.0. The van der Waals surface area contributed by atoms with Gasteiger partial charge in [0.25, 0.3) is 0 Å². The molecule has 0 fully saturated rings. The fraction of sp³-hybridized carbons (Fsp3) is 0.333. The van der Waals surface area contributed by atoms with E-state index in [2.05, 4.69) is 62.4 Å². The summed E-state index contributed by atoms with van der Waals surface area (Å²) in [6.07, 6.45) is 1.15. The Morgan fingerprint density at radius 3 is 2.40 bits per heavy atom. The average molecular weight is 283 g/mol. The standard InChI is InChI=1S/C18H21NS/c1-12-7-3-6-10-16(12)20-17-11-13(2)14-8-4-5-9-15(14)18(17)19/h3-10,13,17-18H,11,19H2,1-2H3. The lowest BCUT2D eigenvalue weighted by Gasteiger charge is -2.34. The minimum atomic E-state index is 0.131. The molecule has 1 nitrogen and oxygen atoms in total. The second kappa shape index (κ2) is 5.63. The van der Waals surface area contributed by atoms with Gasteiger partial charge >= 0.3 is 0 Å². The van der Waals surface area contributed by atoms with Crippen LogP contribution in [0.3, 0.4) is 0 Å². The van der Waals surface area contributed by atoms with E-state index in [1.165, 1.54) is 21.6 Å². The summed E-state index contributed by atoms with van der Waals surface area (Å²) in [6.45, 7) is 4.49. The summed E-state index contributed by atoms with van der Waals surface area (Å²) in [5, 5.41) is 0.459. The molecule has 0 aliphatic heterocycles. The number of nitrogens with two attached hydrogens (primary N) is 1. The van der Waals surface area contributed by atoms with Gasteiger partial charge in [-0.05, 0) is 42.0 Å². The van der Waals surface area contributed by atoms with Crippen LogP contribution < -0.4 is 5.73 Å². The van der Waals surface area contributed by atoms with Gasteiger partial charge in [-0.2, -0.15) is 0 Å². The lowest BCUT2D eigenvalue weighted by Crippen LogP contribution is -2.30. The monoisotopic (exact) mass is 283 g/mol. The van der Waals surface area contributed by atoms with E-state index in [1.807, 2.05) is 11.8 Å². The summed E-state index contributed by atoms with van der Waals surface area (Å²) in [5.41, 5.74) is 10.6. The number of thioether (sulfide) groups is 1. The molecule has 2 aromatic rings. The van der Waals surface area contributed by atoms with Crippen LogP contribution in [0.2, 0.25) is 0 Å². The molecule has 0 saturated heterocycles. The zero-order chi connectivity index (χ0) is 14.1. The van der Waals surface area contributed by atoms with Crippen LogP contribution in [0.15, 0.2) is 53.4 Å². The van der Waals surface area contributed by atoms with E-state index < -0.39 is 0 Å². The van der Waals surface area contributed by atoms with E-state index in [9.17, 15) is 0 Å². The third-order valence-electron chi connectivity index (χ3n) is 4.24. The molecule has 0 aromatic heterocycles. The Labute approximate surface area is 125 Å². The van der Waals surface area contributed by atoms with Gasteiger partial charge in [0, 0.05) is 16.2 Å². The van der Waals surface area contributed by atoms with Crippen molar-refractivity contribution in [3.63, 3.8) is 0 Å². The summed E-state index contributed by atoms with van der Waals surface area (Å²) in [4.78, 5) is 1.36. The first-order chi connectivity index (χ1) is 9.66. The number of fused-ring (bicyclic) bond motifs is 1. The van der Waals surface area contributed by atoms with Crippen molar-refractivity contribution >= 4 is 11.8 Å².